The second kappa shape index (κ2) is 11.4. The molecule has 0 saturated carbocycles. The summed E-state index contributed by atoms with van der Waals surface area (Å²) in [6.45, 7) is 4.15. The van der Waals surface area contributed by atoms with Gasteiger partial charge in [-0.2, -0.15) is 0 Å². The first-order valence-electron chi connectivity index (χ1n) is 9.64. The van der Waals surface area contributed by atoms with Crippen LogP contribution in [0.4, 0.5) is 11.4 Å². The van der Waals surface area contributed by atoms with Crippen LogP contribution in [0.15, 0.2) is 66.3 Å². The zero-order chi connectivity index (χ0) is 22.9. The van der Waals surface area contributed by atoms with Crippen molar-refractivity contribution in [3.05, 3.63) is 72.0 Å². The van der Waals surface area contributed by atoms with Gasteiger partial charge in [-0.1, -0.05) is 47.6 Å². The Kier molecular flexibility index (Phi) is 8.29. The van der Waals surface area contributed by atoms with Crippen molar-refractivity contribution in [1.82, 2.24) is 14.8 Å². The number of ether oxygens (including phenoxy) is 1. The molecule has 0 aliphatic rings. The van der Waals surface area contributed by atoms with Crippen LogP contribution in [-0.4, -0.2) is 39.4 Å². The second-order valence-electron chi connectivity index (χ2n) is 6.57. The molecule has 32 heavy (non-hydrogen) atoms. The third-order valence-electron chi connectivity index (χ3n) is 4.26. The number of thioether (sulfide) groups is 1. The van der Waals surface area contributed by atoms with Gasteiger partial charge in [0.1, 0.15) is 11.6 Å². The predicted octanol–water partition coefficient (Wildman–Crippen LogP) is 4.04. The minimum absolute atomic E-state index is 0.00261. The minimum Gasteiger partial charge on any atom is -0.497 e. The average molecular weight is 472 g/mol. The van der Waals surface area contributed by atoms with Gasteiger partial charge in [0.05, 0.1) is 30.0 Å². The van der Waals surface area contributed by atoms with Gasteiger partial charge in [-0.05, 0) is 24.3 Å². The van der Waals surface area contributed by atoms with E-state index in [9.17, 15) is 9.59 Å². The van der Waals surface area contributed by atoms with Crippen molar-refractivity contribution in [1.29, 1.82) is 0 Å². The molecule has 2 aromatic carbocycles. The fourth-order valence-corrected chi connectivity index (χ4v) is 3.75. The normalized spacial score (nSPS) is 10.4. The van der Waals surface area contributed by atoms with Crippen LogP contribution in [0.1, 0.15) is 5.82 Å². The minimum atomic E-state index is -0.275. The van der Waals surface area contributed by atoms with Crippen molar-refractivity contribution in [3.8, 4) is 5.75 Å². The maximum atomic E-state index is 12.5. The maximum absolute atomic E-state index is 12.5. The topological polar surface area (TPSA) is 98.1 Å². The van der Waals surface area contributed by atoms with E-state index in [0.29, 0.717) is 39.7 Å². The van der Waals surface area contributed by atoms with Crippen LogP contribution in [-0.2, 0) is 22.6 Å². The van der Waals surface area contributed by atoms with Crippen molar-refractivity contribution in [3.63, 3.8) is 0 Å². The molecule has 0 unspecified atom stereocenters. The van der Waals surface area contributed by atoms with E-state index in [2.05, 4.69) is 27.4 Å². The summed E-state index contributed by atoms with van der Waals surface area (Å²) < 4.78 is 6.91. The van der Waals surface area contributed by atoms with Crippen molar-refractivity contribution in [2.45, 2.75) is 18.1 Å². The first kappa shape index (κ1) is 23.4. The van der Waals surface area contributed by atoms with Gasteiger partial charge in [-0.25, -0.2) is 0 Å². The molecule has 0 aliphatic carbocycles. The number of hydrogen-bond acceptors (Lipinski definition) is 6. The van der Waals surface area contributed by atoms with Crippen molar-refractivity contribution in [2.24, 2.45) is 0 Å². The molecule has 8 nitrogen and oxygen atoms in total. The number of methoxy groups -OCH3 is 1. The predicted molar refractivity (Wildman–Crippen MR) is 126 cm³/mol. The number of hydrogen-bond donors (Lipinski definition) is 2. The summed E-state index contributed by atoms with van der Waals surface area (Å²) in [6, 6.07) is 14.1. The third-order valence-corrected chi connectivity index (χ3v) is 5.55. The number of nitrogens with one attached hydrogen (secondary N) is 2. The summed E-state index contributed by atoms with van der Waals surface area (Å²) in [5, 5.41) is 14.8. The van der Waals surface area contributed by atoms with E-state index in [4.69, 9.17) is 16.3 Å². The molecule has 10 heteroatoms. The number of nitrogens with zero attached hydrogens (tertiary/aromatic N) is 3. The van der Waals surface area contributed by atoms with E-state index >= 15 is 0 Å². The number of halogens is 1. The Morgan fingerprint density at radius 1 is 1.16 bits per heavy atom. The molecule has 0 atom stereocenters. The maximum Gasteiger partial charge on any atom is 0.234 e. The van der Waals surface area contributed by atoms with Crippen LogP contribution < -0.4 is 15.4 Å². The van der Waals surface area contributed by atoms with Crippen LogP contribution in [0.5, 0.6) is 5.75 Å². The molecule has 0 bridgehead atoms. The number of carbonyl (C=O) groups excluding carboxylic acids is 2. The molecular formula is C22H22ClN5O3S. The molecule has 0 spiro atoms. The molecule has 0 aliphatic heterocycles. The molecule has 1 heterocycles. The summed E-state index contributed by atoms with van der Waals surface area (Å²) in [4.78, 5) is 24.8. The number of benzene rings is 2. The molecule has 3 rings (SSSR count). The van der Waals surface area contributed by atoms with Gasteiger partial charge in [0.25, 0.3) is 0 Å². The molecule has 0 saturated heterocycles. The lowest BCUT2D eigenvalue weighted by atomic mass is 10.3. The summed E-state index contributed by atoms with van der Waals surface area (Å²) in [5.41, 5.74) is 1.16. The monoisotopic (exact) mass is 471 g/mol. The summed E-state index contributed by atoms with van der Waals surface area (Å²) in [6.07, 6.45) is 1.68. The molecule has 2 amide bonds. The molecular weight excluding hydrogens is 450 g/mol. The van der Waals surface area contributed by atoms with E-state index in [1.807, 2.05) is 0 Å². The van der Waals surface area contributed by atoms with Gasteiger partial charge in [0.2, 0.25) is 11.8 Å². The van der Waals surface area contributed by atoms with Gasteiger partial charge in [-0.15, -0.1) is 16.8 Å². The Balaban J connectivity index is 1.62. The smallest absolute Gasteiger partial charge is 0.234 e. The average Bonchev–Trinajstić information content (AvgIpc) is 3.15. The van der Waals surface area contributed by atoms with Crippen LogP contribution in [0.3, 0.4) is 0 Å². The summed E-state index contributed by atoms with van der Waals surface area (Å²) in [5.74, 6) is 0.766. The van der Waals surface area contributed by atoms with Crippen LogP contribution in [0.2, 0.25) is 5.02 Å². The lowest BCUT2D eigenvalue weighted by Gasteiger charge is -2.09. The zero-order valence-electron chi connectivity index (χ0n) is 17.4. The first-order chi connectivity index (χ1) is 15.5. The van der Waals surface area contributed by atoms with E-state index in [-0.39, 0.29) is 24.0 Å². The lowest BCUT2D eigenvalue weighted by Crippen LogP contribution is -2.18. The van der Waals surface area contributed by atoms with E-state index in [0.717, 1.165) is 0 Å². The number of para-hydroxylation sites is 1. The molecule has 1 aromatic heterocycles. The van der Waals surface area contributed by atoms with Gasteiger partial charge >= 0.3 is 0 Å². The highest BCUT2D eigenvalue weighted by molar-refractivity contribution is 7.99. The van der Waals surface area contributed by atoms with E-state index < -0.39 is 0 Å². The highest BCUT2D eigenvalue weighted by Gasteiger charge is 2.17. The van der Waals surface area contributed by atoms with Crippen molar-refractivity contribution >= 4 is 46.6 Å². The Morgan fingerprint density at radius 3 is 2.72 bits per heavy atom. The van der Waals surface area contributed by atoms with Crippen LogP contribution in [0, 0.1) is 0 Å². The number of carbonyl (C=O) groups is 2. The Labute approximate surface area is 195 Å². The van der Waals surface area contributed by atoms with Gasteiger partial charge in [-0.3, -0.25) is 9.59 Å². The summed E-state index contributed by atoms with van der Waals surface area (Å²) >= 11 is 7.32. The fourth-order valence-electron chi connectivity index (χ4n) is 2.80. The standard InChI is InChI=1S/C22H22ClN5O3S/c1-3-11-28-19(13-20(29)25-18-10-5-4-9-17(18)23)26-27-22(28)32-14-21(30)24-15-7-6-8-16(12-15)31-2/h3-10,12H,1,11,13-14H2,2H3,(H,24,30)(H,25,29). The molecule has 0 fully saturated rings. The number of amides is 2. The Hall–Kier alpha value is -3.30. The van der Waals surface area contributed by atoms with Crippen LogP contribution >= 0.6 is 23.4 Å². The largest absolute Gasteiger partial charge is 0.497 e. The number of rotatable bonds is 10. The molecule has 166 valence electrons. The summed E-state index contributed by atoms with van der Waals surface area (Å²) in [7, 11) is 1.56. The first-order valence-corrected chi connectivity index (χ1v) is 11.0. The van der Waals surface area contributed by atoms with Gasteiger partial charge in [0.15, 0.2) is 5.16 Å². The van der Waals surface area contributed by atoms with Gasteiger partial charge < -0.3 is 19.9 Å². The Bertz CT molecular complexity index is 1120. The number of allylic oxidation sites excluding steroid dienone is 1. The highest BCUT2D eigenvalue weighted by Crippen LogP contribution is 2.22. The fraction of sp³-hybridized carbons (Fsp3) is 0.182. The van der Waals surface area contributed by atoms with Gasteiger partial charge in [0, 0.05) is 18.3 Å². The lowest BCUT2D eigenvalue weighted by molar-refractivity contribution is -0.116. The zero-order valence-corrected chi connectivity index (χ0v) is 18.9. The molecule has 0 radical (unpaired) electrons. The molecule has 2 N–H and O–H groups in total. The van der Waals surface area contributed by atoms with Crippen molar-refractivity contribution in [2.75, 3.05) is 23.5 Å². The third kappa shape index (κ3) is 6.35. The quantitative estimate of drug-likeness (QED) is 0.342. The number of anilines is 2. The van der Waals surface area contributed by atoms with E-state index in [1.165, 1.54) is 11.8 Å². The number of aromatic nitrogens is 3. The van der Waals surface area contributed by atoms with Crippen molar-refractivity contribution < 1.29 is 14.3 Å². The molecule has 3 aromatic rings. The van der Waals surface area contributed by atoms with E-state index in [1.54, 1.807) is 66.3 Å². The second-order valence-corrected chi connectivity index (χ2v) is 7.92. The Morgan fingerprint density at radius 2 is 1.97 bits per heavy atom. The SMILES string of the molecule is C=CCn1c(CC(=O)Nc2ccccc2Cl)nnc1SCC(=O)Nc1cccc(OC)c1. The van der Waals surface area contributed by atoms with Crippen LogP contribution in [0.25, 0.3) is 0 Å². The highest BCUT2D eigenvalue weighted by atomic mass is 35.5.